The fraction of sp³-hybridized carbons (Fsp3) is 0.0667. The van der Waals surface area contributed by atoms with Gasteiger partial charge >= 0.3 is 11.9 Å². The fourth-order valence-corrected chi connectivity index (χ4v) is 4.45. The van der Waals surface area contributed by atoms with E-state index < -0.39 is 11.9 Å². The van der Waals surface area contributed by atoms with Crippen LogP contribution < -0.4 is 0 Å². The van der Waals surface area contributed by atoms with Crippen LogP contribution in [0.1, 0.15) is 20.7 Å². The Morgan fingerprint density at radius 1 is 0.600 bits per heavy atom. The van der Waals surface area contributed by atoms with Gasteiger partial charge in [0.25, 0.3) is 0 Å². The molecule has 0 aliphatic carbocycles. The molecule has 0 aliphatic rings. The molecule has 0 saturated carbocycles. The second kappa shape index (κ2) is 10.3. The van der Waals surface area contributed by atoms with Crippen LogP contribution in [0.5, 0.6) is 0 Å². The standard InChI is InChI=1S/C30H22N6O4/c1-39-29(37)22-13-9-19(10-14-22)24-17-31-35(33-24)26-7-3-5-21-6-4-8-27(28(21)26)36-32-18-25(34-36)20-11-15-23(16-12-20)30(38)40-2/h3-18H,1-2H3. The summed E-state index contributed by atoms with van der Waals surface area (Å²) < 4.78 is 9.55. The van der Waals surface area contributed by atoms with E-state index in [0.29, 0.717) is 22.5 Å². The zero-order valence-electron chi connectivity index (χ0n) is 21.6. The van der Waals surface area contributed by atoms with E-state index >= 15 is 0 Å². The molecule has 0 atom stereocenters. The molecular formula is C30H22N6O4. The minimum atomic E-state index is -0.396. The van der Waals surface area contributed by atoms with E-state index in [4.69, 9.17) is 19.7 Å². The topological polar surface area (TPSA) is 114 Å². The summed E-state index contributed by atoms with van der Waals surface area (Å²) in [5, 5.41) is 20.3. The Morgan fingerprint density at radius 2 is 1.02 bits per heavy atom. The van der Waals surface area contributed by atoms with Crippen LogP contribution in [0.25, 0.3) is 44.7 Å². The number of rotatable bonds is 6. The van der Waals surface area contributed by atoms with E-state index in [0.717, 1.165) is 33.3 Å². The first kappa shape index (κ1) is 24.7. The number of esters is 2. The van der Waals surface area contributed by atoms with Gasteiger partial charge in [0, 0.05) is 16.5 Å². The molecule has 2 heterocycles. The highest BCUT2D eigenvalue weighted by molar-refractivity contribution is 5.97. The number of benzene rings is 4. The Bertz CT molecular complexity index is 1720. The zero-order chi connectivity index (χ0) is 27.6. The number of methoxy groups -OCH3 is 2. The summed E-state index contributed by atoms with van der Waals surface area (Å²) in [5.41, 5.74) is 5.37. The Balaban J connectivity index is 1.37. The molecule has 40 heavy (non-hydrogen) atoms. The first-order chi connectivity index (χ1) is 19.6. The molecule has 0 radical (unpaired) electrons. The summed E-state index contributed by atoms with van der Waals surface area (Å²) in [5.74, 6) is -0.792. The highest BCUT2D eigenvalue weighted by Gasteiger charge is 2.15. The van der Waals surface area contributed by atoms with Gasteiger partial charge in [-0.05, 0) is 41.8 Å². The zero-order valence-corrected chi connectivity index (χ0v) is 21.6. The molecule has 0 fully saturated rings. The Kier molecular flexibility index (Phi) is 6.33. The molecule has 2 aromatic heterocycles. The third kappa shape index (κ3) is 4.47. The summed E-state index contributed by atoms with van der Waals surface area (Å²) in [6.07, 6.45) is 3.35. The molecule has 10 heteroatoms. The number of ether oxygens (including phenoxy) is 2. The molecule has 196 valence electrons. The van der Waals surface area contributed by atoms with Crippen molar-refractivity contribution < 1.29 is 19.1 Å². The van der Waals surface area contributed by atoms with Crippen LogP contribution >= 0.6 is 0 Å². The second-order valence-corrected chi connectivity index (χ2v) is 8.83. The van der Waals surface area contributed by atoms with Gasteiger partial charge in [-0.2, -0.15) is 19.8 Å². The van der Waals surface area contributed by atoms with E-state index in [1.54, 1.807) is 46.3 Å². The molecule has 6 rings (SSSR count). The van der Waals surface area contributed by atoms with Gasteiger partial charge in [-0.3, -0.25) is 0 Å². The van der Waals surface area contributed by atoms with Crippen molar-refractivity contribution in [1.82, 2.24) is 30.0 Å². The predicted molar refractivity (Wildman–Crippen MR) is 147 cm³/mol. The van der Waals surface area contributed by atoms with Crippen LogP contribution in [-0.4, -0.2) is 56.1 Å². The molecule has 10 nitrogen and oxygen atoms in total. The number of hydrogen-bond acceptors (Lipinski definition) is 8. The summed E-state index contributed by atoms with van der Waals surface area (Å²) >= 11 is 0. The average molecular weight is 531 g/mol. The first-order valence-corrected chi connectivity index (χ1v) is 12.3. The molecule has 0 unspecified atom stereocenters. The van der Waals surface area contributed by atoms with Gasteiger partial charge in [-0.1, -0.05) is 48.5 Å². The van der Waals surface area contributed by atoms with Gasteiger partial charge in [0.15, 0.2) is 0 Å². The van der Waals surface area contributed by atoms with Crippen molar-refractivity contribution in [2.75, 3.05) is 14.2 Å². The molecule has 4 aromatic carbocycles. The monoisotopic (exact) mass is 530 g/mol. The highest BCUT2D eigenvalue weighted by Crippen LogP contribution is 2.29. The molecule has 0 saturated heterocycles. The van der Waals surface area contributed by atoms with Crippen molar-refractivity contribution in [3.8, 4) is 33.9 Å². The van der Waals surface area contributed by atoms with E-state index in [-0.39, 0.29) is 0 Å². The van der Waals surface area contributed by atoms with Crippen LogP contribution in [0.4, 0.5) is 0 Å². The highest BCUT2D eigenvalue weighted by atomic mass is 16.5. The van der Waals surface area contributed by atoms with E-state index in [9.17, 15) is 9.59 Å². The maximum Gasteiger partial charge on any atom is 0.337 e. The average Bonchev–Trinajstić information content (AvgIpc) is 3.71. The third-order valence-corrected chi connectivity index (χ3v) is 6.48. The number of carbonyl (C=O) groups excluding carboxylic acids is 2. The van der Waals surface area contributed by atoms with Gasteiger partial charge in [0.1, 0.15) is 11.4 Å². The van der Waals surface area contributed by atoms with E-state index in [1.807, 2.05) is 60.7 Å². The smallest absolute Gasteiger partial charge is 0.337 e. The molecular weight excluding hydrogens is 508 g/mol. The predicted octanol–water partition coefficient (Wildman–Crippen LogP) is 4.91. The Hall–Kier alpha value is -5.64. The van der Waals surface area contributed by atoms with Gasteiger partial charge < -0.3 is 9.47 Å². The molecule has 0 bridgehead atoms. The van der Waals surface area contributed by atoms with E-state index in [2.05, 4.69) is 10.2 Å². The Labute approximate surface area is 228 Å². The maximum absolute atomic E-state index is 11.8. The second-order valence-electron chi connectivity index (χ2n) is 8.83. The number of hydrogen-bond donors (Lipinski definition) is 0. The largest absolute Gasteiger partial charge is 0.465 e. The van der Waals surface area contributed by atoms with Crippen molar-refractivity contribution in [1.29, 1.82) is 0 Å². The lowest BCUT2D eigenvalue weighted by Crippen LogP contribution is -2.05. The quantitative estimate of drug-likeness (QED) is 0.279. The van der Waals surface area contributed by atoms with Crippen LogP contribution in [0.3, 0.4) is 0 Å². The maximum atomic E-state index is 11.8. The van der Waals surface area contributed by atoms with Gasteiger partial charge in [-0.15, -0.1) is 10.2 Å². The molecule has 0 spiro atoms. The SMILES string of the molecule is COC(=O)c1ccc(-c2cnn(-c3cccc4cccc(-n5ncc(-c6ccc(C(=O)OC)cc6)n5)c34)n2)cc1. The summed E-state index contributed by atoms with van der Waals surface area (Å²) in [7, 11) is 2.70. The van der Waals surface area contributed by atoms with E-state index in [1.165, 1.54) is 14.2 Å². The minimum Gasteiger partial charge on any atom is -0.465 e. The number of aromatic nitrogens is 6. The minimum absolute atomic E-state index is 0.396. The lowest BCUT2D eigenvalue weighted by molar-refractivity contribution is 0.0592. The molecule has 0 N–H and O–H groups in total. The van der Waals surface area contributed by atoms with Crippen LogP contribution in [-0.2, 0) is 9.47 Å². The number of carbonyl (C=O) groups is 2. The lowest BCUT2D eigenvalue weighted by atomic mass is 10.1. The van der Waals surface area contributed by atoms with Crippen molar-refractivity contribution >= 4 is 22.7 Å². The van der Waals surface area contributed by atoms with Crippen LogP contribution in [0.15, 0.2) is 97.3 Å². The molecule has 0 amide bonds. The number of nitrogens with zero attached hydrogens (tertiary/aromatic N) is 6. The first-order valence-electron chi connectivity index (χ1n) is 12.3. The summed E-state index contributed by atoms with van der Waals surface area (Å²) in [4.78, 5) is 26.7. The van der Waals surface area contributed by atoms with Crippen LogP contribution in [0, 0.1) is 0 Å². The molecule has 6 aromatic rings. The van der Waals surface area contributed by atoms with Crippen molar-refractivity contribution in [3.63, 3.8) is 0 Å². The normalized spacial score (nSPS) is 10.9. The third-order valence-electron chi connectivity index (χ3n) is 6.48. The van der Waals surface area contributed by atoms with Gasteiger partial charge in [-0.25, -0.2) is 9.59 Å². The summed E-state index contributed by atoms with van der Waals surface area (Å²) in [6, 6.07) is 25.8. The van der Waals surface area contributed by atoms with Crippen molar-refractivity contribution in [2.24, 2.45) is 0 Å². The molecule has 0 aliphatic heterocycles. The van der Waals surface area contributed by atoms with Crippen molar-refractivity contribution in [2.45, 2.75) is 0 Å². The fourth-order valence-electron chi connectivity index (χ4n) is 4.45. The van der Waals surface area contributed by atoms with Gasteiger partial charge in [0.2, 0.25) is 0 Å². The Morgan fingerprint density at radius 3 is 1.43 bits per heavy atom. The van der Waals surface area contributed by atoms with Crippen molar-refractivity contribution in [3.05, 3.63) is 108 Å². The van der Waals surface area contributed by atoms with Gasteiger partial charge in [0.05, 0.1) is 49.1 Å². The lowest BCUT2D eigenvalue weighted by Gasteiger charge is -2.10. The summed E-state index contributed by atoms with van der Waals surface area (Å²) in [6.45, 7) is 0. The number of fused-ring (bicyclic) bond motifs is 1. The van der Waals surface area contributed by atoms with Crippen LogP contribution in [0.2, 0.25) is 0 Å².